The zero-order valence-electron chi connectivity index (χ0n) is 14.0. The van der Waals surface area contributed by atoms with Crippen molar-refractivity contribution in [1.82, 2.24) is 0 Å². The smallest absolute Gasteiger partial charge is 0.265 e. The molecule has 128 valence electrons. The molecule has 1 heterocycles. The topological polar surface area (TPSA) is 38.3 Å². The lowest BCUT2D eigenvalue weighted by atomic mass is 10.1. The summed E-state index contributed by atoms with van der Waals surface area (Å²) in [4.78, 5) is 12.9. The Labute approximate surface area is 150 Å². The predicted octanol–water partition coefficient (Wildman–Crippen LogP) is 5.34. The number of carbonyl (C=O) groups is 1. The van der Waals surface area contributed by atoms with Crippen molar-refractivity contribution >= 4 is 22.9 Å². The van der Waals surface area contributed by atoms with Crippen LogP contribution >= 0.6 is 11.3 Å². The molecule has 0 saturated heterocycles. The highest BCUT2D eigenvalue weighted by Crippen LogP contribution is 2.21. The Bertz CT molecular complexity index is 904. The molecule has 25 heavy (non-hydrogen) atoms. The first-order valence-electron chi connectivity index (χ1n) is 7.86. The van der Waals surface area contributed by atoms with Gasteiger partial charge in [0.2, 0.25) is 0 Å². The van der Waals surface area contributed by atoms with Gasteiger partial charge in [-0.1, -0.05) is 18.2 Å². The Morgan fingerprint density at radius 2 is 1.92 bits per heavy atom. The summed E-state index contributed by atoms with van der Waals surface area (Å²) >= 11 is 1.34. The largest absolute Gasteiger partial charge is 0.486 e. The highest BCUT2D eigenvalue weighted by atomic mass is 32.1. The first-order valence-corrected chi connectivity index (χ1v) is 8.74. The van der Waals surface area contributed by atoms with Crippen LogP contribution < -0.4 is 10.1 Å². The van der Waals surface area contributed by atoms with Gasteiger partial charge in [-0.05, 0) is 60.7 Å². The summed E-state index contributed by atoms with van der Waals surface area (Å²) in [7, 11) is 0. The third-order valence-electron chi connectivity index (χ3n) is 3.87. The van der Waals surface area contributed by atoms with Gasteiger partial charge < -0.3 is 10.1 Å². The van der Waals surface area contributed by atoms with Gasteiger partial charge in [0.25, 0.3) is 5.91 Å². The second-order valence-electron chi connectivity index (χ2n) is 5.79. The summed E-state index contributed by atoms with van der Waals surface area (Å²) in [5.41, 5.74) is 3.91. The summed E-state index contributed by atoms with van der Waals surface area (Å²) in [6, 6.07) is 13.8. The molecule has 5 heteroatoms. The number of amides is 1. The monoisotopic (exact) mass is 355 g/mol. The summed E-state index contributed by atoms with van der Waals surface area (Å²) in [5.74, 6) is -0.356. The molecule has 3 rings (SSSR count). The third kappa shape index (κ3) is 4.25. The van der Waals surface area contributed by atoms with Crippen LogP contribution in [0.25, 0.3) is 0 Å². The summed E-state index contributed by atoms with van der Waals surface area (Å²) in [6.45, 7) is 4.25. The van der Waals surface area contributed by atoms with E-state index in [4.69, 9.17) is 4.74 Å². The van der Waals surface area contributed by atoms with Crippen molar-refractivity contribution in [2.75, 3.05) is 5.32 Å². The van der Waals surface area contributed by atoms with Crippen molar-refractivity contribution in [1.29, 1.82) is 0 Å². The molecule has 0 aliphatic rings. The molecule has 0 spiro atoms. The Morgan fingerprint density at radius 1 is 1.12 bits per heavy atom. The molecule has 1 N–H and O–H groups in total. The molecule has 2 aromatic carbocycles. The van der Waals surface area contributed by atoms with Crippen molar-refractivity contribution in [3.63, 3.8) is 0 Å². The van der Waals surface area contributed by atoms with Crippen LogP contribution in [-0.2, 0) is 6.61 Å². The molecule has 0 saturated carbocycles. The van der Waals surface area contributed by atoms with Crippen molar-refractivity contribution in [3.8, 4) is 5.75 Å². The summed E-state index contributed by atoms with van der Waals surface area (Å²) < 4.78 is 19.0. The maximum Gasteiger partial charge on any atom is 0.265 e. The molecule has 0 aliphatic carbocycles. The van der Waals surface area contributed by atoms with Crippen LogP contribution in [0.15, 0.2) is 53.9 Å². The molecule has 0 aliphatic heterocycles. The Balaban J connectivity index is 1.63. The number of halogens is 1. The first kappa shape index (κ1) is 17.2. The minimum atomic E-state index is -0.398. The van der Waals surface area contributed by atoms with Crippen molar-refractivity contribution in [2.24, 2.45) is 0 Å². The van der Waals surface area contributed by atoms with Crippen LogP contribution in [0, 0.1) is 19.7 Å². The Kier molecular flexibility index (Phi) is 5.14. The molecule has 0 bridgehead atoms. The fraction of sp³-hybridized carbons (Fsp3) is 0.150. The van der Waals surface area contributed by atoms with Gasteiger partial charge in [-0.3, -0.25) is 4.79 Å². The lowest BCUT2D eigenvalue weighted by Gasteiger charge is -2.06. The Morgan fingerprint density at radius 3 is 2.68 bits per heavy atom. The van der Waals surface area contributed by atoms with Crippen molar-refractivity contribution < 1.29 is 13.9 Å². The highest BCUT2D eigenvalue weighted by Gasteiger charge is 2.11. The average Bonchev–Trinajstić information content (AvgIpc) is 3.07. The molecule has 3 nitrogen and oxygen atoms in total. The van der Waals surface area contributed by atoms with Crippen LogP contribution in [0.5, 0.6) is 5.75 Å². The molecule has 0 fully saturated rings. The van der Waals surface area contributed by atoms with Crippen LogP contribution in [0.2, 0.25) is 0 Å². The van der Waals surface area contributed by atoms with Crippen LogP contribution in [0.1, 0.15) is 26.4 Å². The summed E-state index contributed by atoms with van der Waals surface area (Å²) in [5, 5.41) is 4.74. The van der Waals surface area contributed by atoms with Crippen LogP contribution in [0.4, 0.5) is 10.1 Å². The molecule has 0 atom stereocenters. The second kappa shape index (κ2) is 7.49. The van der Waals surface area contributed by atoms with E-state index in [0.29, 0.717) is 4.88 Å². The van der Waals surface area contributed by atoms with Gasteiger partial charge in [0.1, 0.15) is 6.61 Å². The molecule has 1 aromatic heterocycles. The van der Waals surface area contributed by atoms with E-state index in [-0.39, 0.29) is 18.3 Å². The number of hydrogen-bond donors (Lipinski definition) is 1. The van der Waals surface area contributed by atoms with Gasteiger partial charge in [-0.25, -0.2) is 4.39 Å². The number of benzene rings is 2. The zero-order valence-corrected chi connectivity index (χ0v) is 14.8. The van der Waals surface area contributed by atoms with E-state index in [2.05, 4.69) is 5.32 Å². The summed E-state index contributed by atoms with van der Waals surface area (Å²) in [6.07, 6.45) is 0. The van der Waals surface area contributed by atoms with E-state index in [1.54, 1.807) is 24.3 Å². The number of aryl methyl sites for hydroxylation is 2. The van der Waals surface area contributed by atoms with E-state index in [1.807, 2.05) is 37.4 Å². The van der Waals surface area contributed by atoms with Gasteiger partial charge in [0.15, 0.2) is 11.6 Å². The quantitative estimate of drug-likeness (QED) is 0.671. The zero-order chi connectivity index (χ0) is 17.8. The number of para-hydroxylation sites is 1. The SMILES string of the molecule is Cc1ccc(NC(=O)c2cc(COc3ccccc3F)cs2)cc1C. The molecule has 0 radical (unpaired) electrons. The minimum absolute atomic E-state index is 0.162. The lowest BCUT2D eigenvalue weighted by molar-refractivity contribution is 0.103. The van der Waals surface area contributed by atoms with Gasteiger partial charge in [0.05, 0.1) is 4.88 Å². The molecule has 0 unspecified atom stereocenters. The maximum absolute atomic E-state index is 13.5. The minimum Gasteiger partial charge on any atom is -0.486 e. The normalized spacial score (nSPS) is 10.5. The van der Waals surface area contributed by atoms with Gasteiger partial charge >= 0.3 is 0 Å². The molecular formula is C20H18FNO2S. The fourth-order valence-corrected chi connectivity index (χ4v) is 3.10. The number of ether oxygens (including phenoxy) is 1. The standard InChI is InChI=1S/C20H18FNO2S/c1-13-7-8-16(9-14(13)2)22-20(23)19-10-15(12-25-19)11-24-18-6-4-3-5-17(18)21/h3-10,12H,11H2,1-2H3,(H,22,23). The number of anilines is 1. The number of nitrogens with one attached hydrogen (secondary N) is 1. The van der Waals surface area contributed by atoms with Crippen LogP contribution in [0.3, 0.4) is 0 Å². The van der Waals surface area contributed by atoms with Crippen LogP contribution in [-0.4, -0.2) is 5.91 Å². The van der Waals surface area contributed by atoms with E-state index in [9.17, 15) is 9.18 Å². The van der Waals surface area contributed by atoms with Gasteiger partial charge in [-0.2, -0.15) is 0 Å². The average molecular weight is 355 g/mol. The van der Waals surface area contributed by atoms with E-state index in [1.165, 1.54) is 23.0 Å². The highest BCUT2D eigenvalue weighted by molar-refractivity contribution is 7.12. The van der Waals surface area contributed by atoms with E-state index < -0.39 is 5.82 Å². The van der Waals surface area contributed by atoms with Crippen molar-refractivity contribution in [2.45, 2.75) is 20.5 Å². The maximum atomic E-state index is 13.5. The lowest BCUT2D eigenvalue weighted by Crippen LogP contribution is -2.10. The number of hydrogen-bond acceptors (Lipinski definition) is 3. The number of carbonyl (C=O) groups excluding carboxylic acids is 1. The van der Waals surface area contributed by atoms with Gasteiger partial charge in [0, 0.05) is 11.3 Å². The van der Waals surface area contributed by atoms with Crippen molar-refractivity contribution in [3.05, 3.63) is 81.3 Å². The fourth-order valence-electron chi connectivity index (χ4n) is 2.31. The second-order valence-corrected chi connectivity index (χ2v) is 6.70. The third-order valence-corrected chi connectivity index (χ3v) is 4.85. The van der Waals surface area contributed by atoms with E-state index in [0.717, 1.165) is 16.8 Å². The molecule has 1 amide bonds. The number of thiophene rings is 1. The first-order chi connectivity index (χ1) is 12.0. The molecular weight excluding hydrogens is 337 g/mol. The predicted molar refractivity (Wildman–Crippen MR) is 98.9 cm³/mol. The van der Waals surface area contributed by atoms with E-state index >= 15 is 0 Å². The number of rotatable bonds is 5. The van der Waals surface area contributed by atoms with Gasteiger partial charge in [-0.15, -0.1) is 11.3 Å². The molecule has 3 aromatic rings. The Hall–Kier alpha value is -2.66.